The van der Waals surface area contributed by atoms with E-state index in [1.165, 1.54) is 12.1 Å². The number of carbonyl (C=O) groups is 1. The summed E-state index contributed by atoms with van der Waals surface area (Å²) < 4.78 is 13.3. The van der Waals surface area contributed by atoms with E-state index >= 15 is 0 Å². The number of halogens is 1. The van der Waals surface area contributed by atoms with Crippen LogP contribution < -0.4 is 5.32 Å². The van der Waals surface area contributed by atoms with Crippen molar-refractivity contribution in [1.82, 2.24) is 10.2 Å². The van der Waals surface area contributed by atoms with E-state index in [9.17, 15) is 14.3 Å². The lowest BCUT2D eigenvalue weighted by Gasteiger charge is -2.55. The molecule has 4 nitrogen and oxygen atoms in total. The van der Waals surface area contributed by atoms with Crippen molar-refractivity contribution < 1.29 is 14.3 Å². The molecule has 5 heteroatoms. The van der Waals surface area contributed by atoms with Crippen LogP contribution in [0.5, 0.6) is 0 Å². The van der Waals surface area contributed by atoms with Gasteiger partial charge in [-0.15, -0.1) is 0 Å². The van der Waals surface area contributed by atoms with Crippen molar-refractivity contribution in [3.63, 3.8) is 0 Å². The number of allylic oxidation sites excluding steroid dienone is 1. The lowest BCUT2D eigenvalue weighted by Crippen LogP contribution is -2.66. The Morgan fingerprint density at radius 1 is 1.14 bits per heavy atom. The summed E-state index contributed by atoms with van der Waals surface area (Å²) in [7, 11) is 0. The zero-order chi connectivity index (χ0) is 20.8. The van der Waals surface area contributed by atoms with Gasteiger partial charge in [0.05, 0.1) is 6.61 Å². The summed E-state index contributed by atoms with van der Waals surface area (Å²) >= 11 is 0. The van der Waals surface area contributed by atoms with Gasteiger partial charge in [-0.25, -0.2) is 4.39 Å². The number of aliphatic hydroxyl groups is 1. The standard InChI is InChI=1S/C24H29FN2O2/c1-3-5-17-6-10-19(11-7-17)24-21(14-26-23(29)4-2)27(22(24)16-28)15-18-8-12-20(25)13-9-18/h3,5-13,21-22,24,28H,4,14-16H2,1-2H3,(H,26,29)/b5-3+/t21-,22+,24+/m0/s1. The average Bonchev–Trinajstić information content (AvgIpc) is 2.73. The van der Waals surface area contributed by atoms with E-state index in [-0.39, 0.29) is 36.3 Å². The van der Waals surface area contributed by atoms with E-state index in [4.69, 9.17) is 0 Å². The molecule has 0 aromatic heterocycles. The van der Waals surface area contributed by atoms with Crippen LogP contribution >= 0.6 is 0 Å². The molecule has 3 atom stereocenters. The second-order valence-corrected chi connectivity index (χ2v) is 7.47. The molecule has 2 aromatic rings. The molecule has 0 spiro atoms. The largest absolute Gasteiger partial charge is 0.395 e. The summed E-state index contributed by atoms with van der Waals surface area (Å²) in [5.74, 6) is -0.124. The zero-order valence-corrected chi connectivity index (χ0v) is 17.0. The monoisotopic (exact) mass is 396 g/mol. The van der Waals surface area contributed by atoms with Crippen LogP contribution in [0, 0.1) is 5.82 Å². The highest BCUT2D eigenvalue weighted by atomic mass is 19.1. The molecular weight excluding hydrogens is 367 g/mol. The first-order valence-corrected chi connectivity index (χ1v) is 10.2. The van der Waals surface area contributed by atoms with Gasteiger partial charge in [0, 0.05) is 37.5 Å². The molecule has 1 amide bonds. The second-order valence-electron chi connectivity index (χ2n) is 7.47. The molecule has 0 radical (unpaired) electrons. The Bertz CT molecular complexity index is 833. The highest BCUT2D eigenvalue weighted by Crippen LogP contribution is 2.41. The molecule has 1 heterocycles. The number of carbonyl (C=O) groups excluding carboxylic acids is 1. The number of rotatable bonds is 8. The quantitative estimate of drug-likeness (QED) is 0.715. The predicted octanol–water partition coefficient (Wildman–Crippen LogP) is 3.71. The molecule has 1 fully saturated rings. The van der Waals surface area contributed by atoms with Gasteiger partial charge in [0.1, 0.15) is 5.82 Å². The first-order valence-electron chi connectivity index (χ1n) is 10.2. The van der Waals surface area contributed by atoms with Crippen molar-refractivity contribution in [3.05, 3.63) is 77.1 Å². The SMILES string of the molecule is C/C=C/c1ccc([C@H]2[C@@H](CO)N(Cc3ccc(F)cc3)[C@H]2CNC(=O)CC)cc1. The molecule has 0 bridgehead atoms. The van der Waals surface area contributed by atoms with Gasteiger partial charge in [-0.2, -0.15) is 0 Å². The Morgan fingerprint density at radius 3 is 2.41 bits per heavy atom. The minimum Gasteiger partial charge on any atom is -0.395 e. The van der Waals surface area contributed by atoms with Gasteiger partial charge >= 0.3 is 0 Å². The highest BCUT2D eigenvalue weighted by molar-refractivity contribution is 5.75. The topological polar surface area (TPSA) is 52.6 Å². The number of aliphatic hydroxyl groups excluding tert-OH is 1. The summed E-state index contributed by atoms with van der Waals surface area (Å²) in [6, 6.07) is 14.8. The summed E-state index contributed by atoms with van der Waals surface area (Å²) in [5.41, 5.74) is 3.28. The molecule has 2 aromatic carbocycles. The van der Waals surface area contributed by atoms with Gasteiger partial charge in [-0.05, 0) is 35.7 Å². The Hall–Kier alpha value is -2.50. The first-order chi connectivity index (χ1) is 14.1. The molecule has 1 saturated heterocycles. The van der Waals surface area contributed by atoms with Crippen molar-refractivity contribution in [2.75, 3.05) is 13.2 Å². The number of hydrogen-bond acceptors (Lipinski definition) is 3. The third-order valence-corrected chi connectivity index (χ3v) is 5.66. The molecule has 3 rings (SSSR count). The number of hydrogen-bond donors (Lipinski definition) is 2. The third kappa shape index (κ3) is 4.92. The summed E-state index contributed by atoms with van der Waals surface area (Å²) in [6.45, 7) is 4.97. The van der Waals surface area contributed by atoms with Crippen LogP contribution in [0.15, 0.2) is 54.6 Å². The fourth-order valence-electron chi connectivity index (χ4n) is 4.12. The van der Waals surface area contributed by atoms with Crippen LogP contribution in [0.4, 0.5) is 4.39 Å². The van der Waals surface area contributed by atoms with Crippen molar-refractivity contribution in [2.45, 2.75) is 44.8 Å². The molecule has 154 valence electrons. The Kier molecular flexibility index (Phi) is 7.18. The fraction of sp³-hybridized carbons (Fsp3) is 0.375. The van der Waals surface area contributed by atoms with Crippen LogP contribution in [-0.2, 0) is 11.3 Å². The molecule has 2 N–H and O–H groups in total. The number of likely N-dealkylation sites (tertiary alicyclic amines) is 1. The molecule has 1 aliphatic heterocycles. The van der Waals surface area contributed by atoms with Crippen LogP contribution in [0.25, 0.3) is 6.08 Å². The van der Waals surface area contributed by atoms with Crippen LogP contribution in [0.2, 0.25) is 0 Å². The molecule has 0 aliphatic carbocycles. The first kappa shape index (κ1) is 21.2. The summed E-state index contributed by atoms with van der Waals surface area (Å²) in [4.78, 5) is 14.0. The number of nitrogens with one attached hydrogen (secondary N) is 1. The highest BCUT2D eigenvalue weighted by Gasteiger charge is 2.48. The van der Waals surface area contributed by atoms with E-state index in [0.717, 1.165) is 16.7 Å². The minimum atomic E-state index is -0.262. The Labute approximate surface area is 172 Å². The minimum absolute atomic E-state index is 0.0151. The smallest absolute Gasteiger partial charge is 0.219 e. The zero-order valence-electron chi connectivity index (χ0n) is 17.0. The fourth-order valence-corrected chi connectivity index (χ4v) is 4.12. The Morgan fingerprint density at radius 2 is 1.83 bits per heavy atom. The predicted molar refractivity (Wildman–Crippen MR) is 114 cm³/mol. The molecular formula is C24H29FN2O2. The van der Waals surface area contributed by atoms with Gasteiger partial charge < -0.3 is 10.4 Å². The normalized spacial score (nSPS) is 21.9. The summed E-state index contributed by atoms with van der Waals surface area (Å²) in [6.07, 6.45) is 4.49. The molecule has 29 heavy (non-hydrogen) atoms. The Balaban J connectivity index is 1.82. The van der Waals surface area contributed by atoms with Crippen molar-refractivity contribution in [3.8, 4) is 0 Å². The van der Waals surface area contributed by atoms with Gasteiger partial charge in [-0.1, -0.05) is 55.5 Å². The van der Waals surface area contributed by atoms with Crippen LogP contribution in [0.1, 0.15) is 42.9 Å². The van der Waals surface area contributed by atoms with E-state index in [1.807, 2.05) is 26.0 Å². The lowest BCUT2D eigenvalue weighted by atomic mass is 9.74. The van der Waals surface area contributed by atoms with E-state index in [1.54, 1.807) is 12.1 Å². The number of benzene rings is 2. The van der Waals surface area contributed by atoms with Gasteiger partial charge in [0.15, 0.2) is 0 Å². The van der Waals surface area contributed by atoms with Gasteiger partial charge in [-0.3, -0.25) is 9.69 Å². The maximum absolute atomic E-state index is 13.3. The van der Waals surface area contributed by atoms with Crippen LogP contribution in [-0.4, -0.2) is 41.1 Å². The molecule has 0 unspecified atom stereocenters. The third-order valence-electron chi connectivity index (χ3n) is 5.66. The van der Waals surface area contributed by atoms with Gasteiger partial charge in [0.25, 0.3) is 0 Å². The van der Waals surface area contributed by atoms with Crippen molar-refractivity contribution >= 4 is 12.0 Å². The van der Waals surface area contributed by atoms with E-state index < -0.39 is 0 Å². The number of amides is 1. The molecule has 1 aliphatic rings. The lowest BCUT2D eigenvalue weighted by molar-refractivity contribution is -0.122. The van der Waals surface area contributed by atoms with Crippen molar-refractivity contribution in [2.24, 2.45) is 0 Å². The maximum Gasteiger partial charge on any atom is 0.219 e. The average molecular weight is 397 g/mol. The second kappa shape index (κ2) is 9.81. The van der Waals surface area contributed by atoms with Crippen LogP contribution in [0.3, 0.4) is 0 Å². The number of nitrogens with zero attached hydrogens (tertiary/aromatic N) is 1. The maximum atomic E-state index is 13.3. The van der Waals surface area contributed by atoms with Gasteiger partial charge in [0.2, 0.25) is 5.91 Å². The molecule has 0 saturated carbocycles. The van der Waals surface area contributed by atoms with Crippen molar-refractivity contribution in [1.29, 1.82) is 0 Å². The summed E-state index contributed by atoms with van der Waals surface area (Å²) in [5, 5.41) is 13.1. The van der Waals surface area contributed by atoms with E-state index in [0.29, 0.717) is 19.5 Å². The van der Waals surface area contributed by atoms with E-state index in [2.05, 4.69) is 34.5 Å².